The maximum atomic E-state index is 5.46. The van der Waals surface area contributed by atoms with E-state index < -0.39 is 0 Å². The van der Waals surface area contributed by atoms with E-state index in [1.165, 1.54) is 16.7 Å². The Hall–Kier alpha value is -0.820. The molecule has 0 unspecified atom stereocenters. The standard InChI is InChI=1S/C11H17N/c1-9-5-3-6-11(10(9)2)7-4-8-12/h3,5-6H,4,7-8,12H2,1-2H3. The molecule has 1 rings (SSSR count). The maximum Gasteiger partial charge on any atom is -0.00741 e. The average molecular weight is 163 g/mol. The summed E-state index contributed by atoms with van der Waals surface area (Å²) in [5, 5.41) is 0. The Morgan fingerprint density at radius 2 is 2.00 bits per heavy atom. The molecule has 0 heterocycles. The highest BCUT2D eigenvalue weighted by Crippen LogP contribution is 2.13. The summed E-state index contributed by atoms with van der Waals surface area (Å²) in [6.07, 6.45) is 2.20. The van der Waals surface area contributed by atoms with Crippen molar-refractivity contribution >= 4 is 0 Å². The Bertz CT molecular complexity index is 253. The Morgan fingerprint density at radius 3 is 2.67 bits per heavy atom. The smallest absolute Gasteiger partial charge is 0.00741 e. The van der Waals surface area contributed by atoms with Crippen molar-refractivity contribution in [1.82, 2.24) is 0 Å². The van der Waals surface area contributed by atoms with Gasteiger partial charge in [0, 0.05) is 0 Å². The van der Waals surface area contributed by atoms with Gasteiger partial charge in [0.1, 0.15) is 0 Å². The van der Waals surface area contributed by atoms with Crippen molar-refractivity contribution in [2.75, 3.05) is 6.54 Å². The number of hydrogen-bond donors (Lipinski definition) is 1. The van der Waals surface area contributed by atoms with Crippen molar-refractivity contribution in [3.05, 3.63) is 34.9 Å². The summed E-state index contributed by atoms with van der Waals surface area (Å²) < 4.78 is 0. The lowest BCUT2D eigenvalue weighted by Crippen LogP contribution is -2.01. The molecule has 0 aromatic heterocycles. The molecule has 0 saturated heterocycles. The van der Waals surface area contributed by atoms with Crippen LogP contribution in [0.4, 0.5) is 0 Å². The molecule has 0 aliphatic heterocycles. The third-order valence-electron chi connectivity index (χ3n) is 2.37. The SMILES string of the molecule is Cc1cccc(CCCN)c1C. The van der Waals surface area contributed by atoms with Gasteiger partial charge >= 0.3 is 0 Å². The van der Waals surface area contributed by atoms with Gasteiger partial charge in [-0.1, -0.05) is 18.2 Å². The fraction of sp³-hybridized carbons (Fsp3) is 0.455. The van der Waals surface area contributed by atoms with Gasteiger partial charge in [0.2, 0.25) is 0 Å². The van der Waals surface area contributed by atoms with Gasteiger partial charge < -0.3 is 5.73 Å². The summed E-state index contributed by atoms with van der Waals surface area (Å²) in [6.45, 7) is 5.12. The van der Waals surface area contributed by atoms with Gasteiger partial charge in [0.25, 0.3) is 0 Å². The molecule has 2 N–H and O–H groups in total. The second kappa shape index (κ2) is 4.27. The van der Waals surface area contributed by atoms with Crippen molar-refractivity contribution in [1.29, 1.82) is 0 Å². The molecule has 66 valence electrons. The molecular weight excluding hydrogens is 146 g/mol. The maximum absolute atomic E-state index is 5.46. The van der Waals surface area contributed by atoms with E-state index in [4.69, 9.17) is 5.73 Å². The molecule has 1 nitrogen and oxygen atoms in total. The normalized spacial score (nSPS) is 10.2. The van der Waals surface area contributed by atoms with Crippen LogP contribution in [0.25, 0.3) is 0 Å². The van der Waals surface area contributed by atoms with E-state index in [-0.39, 0.29) is 0 Å². The van der Waals surface area contributed by atoms with Crippen LogP contribution in [0, 0.1) is 13.8 Å². The predicted octanol–water partition coefficient (Wildman–Crippen LogP) is 2.19. The summed E-state index contributed by atoms with van der Waals surface area (Å²) in [5.41, 5.74) is 9.71. The minimum absolute atomic E-state index is 0.785. The van der Waals surface area contributed by atoms with Crippen molar-refractivity contribution in [2.45, 2.75) is 26.7 Å². The summed E-state index contributed by atoms with van der Waals surface area (Å²) in [6, 6.07) is 6.47. The second-order valence-electron chi connectivity index (χ2n) is 3.25. The Kier molecular flexibility index (Phi) is 3.30. The largest absolute Gasteiger partial charge is 0.330 e. The van der Waals surface area contributed by atoms with Crippen molar-refractivity contribution in [3.8, 4) is 0 Å². The number of benzene rings is 1. The zero-order valence-electron chi connectivity index (χ0n) is 7.93. The first-order valence-electron chi connectivity index (χ1n) is 4.51. The number of hydrogen-bond acceptors (Lipinski definition) is 1. The highest BCUT2D eigenvalue weighted by molar-refractivity contribution is 5.33. The lowest BCUT2D eigenvalue weighted by molar-refractivity contribution is 0.827. The topological polar surface area (TPSA) is 26.0 Å². The van der Waals surface area contributed by atoms with E-state index in [1.807, 2.05) is 0 Å². The van der Waals surface area contributed by atoms with Crippen LogP contribution in [-0.4, -0.2) is 6.54 Å². The van der Waals surface area contributed by atoms with Gasteiger partial charge in [-0.25, -0.2) is 0 Å². The Labute approximate surface area is 74.6 Å². The van der Waals surface area contributed by atoms with Gasteiger partial charge in [-0.3, -0.25) is 0 Å². The molecule has 0 radical (unpaired) electrons. The van der Waals surface area contributed by atoms with Gasteiger partial charge in [0.05, 0.1) is 0 Å². The van der Waals surface area contributed by atoms with Crippen LogP contribution in [0.2, 0.25) is 0 Å². The third kappa shape index (κ3) is 2.08. The van der Waals surface area contributed by atoms with Gasteiger partial charge in [-0.2, -0.15) is 0 Å². The summed E-state index contributed by atoms with van der Waals surface area (Å²) in [5.74, 6) is 0. The van der Waals surface area contributed by atoms with E-state index in [2.05, 4.69) is 32.0 Å². The van der Waals surface area contributed by atoms with Gasteiger partial charge in [-0.05, 0) is 49.9 Å². The molecule has 1 heteroatoms. The Morgan fingerprint density at radius 1 is 1.25 bits per heavy atom. The van der Waals surface area contributed by atoms with E-state index in [1.54, 1.807) is 0 Å². The van der Waals surface area contributed by atoms with Crippen molar-refractivity contribution < 1.29 is 0 Å². The quantitative estimate of drug-likeness (QED) is 0.726. The second-order valence-corrected chi connectivity index (χ2v) is 3.25. The highest BCUT2D eigenvalue weighted by Gasteiger charge is 1.98. The number of rotatable bonds is 3. The molecular formula is C11H17N. The van der Waals surface area contributed by atoms with Crippen LogP contribution >= 0.6 is 0 Å². The average Bonchev–Trinajstić information content (AvgIpc) is 2.08. The fourth-order valence-electron chi connectivity index (χ4n) is 1.38. The van der Waals surface area contributed by atoms with Crippen LogP contribution in [0.15, 0.2) is 18.2 Å². The monoisotopic (exact) mass is 163 g/mol. The van der Waals surface area contributed by atoms with Gasteiger partial charge in [-0.15, -0.1) is 0 Å². The van der Waals surface area contributed by atoms with E-state index in [0.29, 0.717) is 0 Å². The van der Waals surface area contributed by atoms with E-state index in [9.17, 15) is 0 Å². The molecule has 0 saturated carbocycles. The molecule has 12 heavy (non-hydrogen) atoms. The molecule has 0 bridgehead atoms. The first-order chi connectivity index (χ1) is 5.75. The molecule has 0 aliphatic rings. The Balaban J connectivity index is 2.78. The van der Waals surface area contributed by atoms with E-state index in [0.717, 1.165) is 19.4 Å². The van der Waals surface area contributed by atoms with Crippen LogP contribution in [-0.2, 0) is 6.42 Å². The molecule has 1 aromatic rings. The molecule has 1 aromatic carbocycles. The third-order valence-corrected chi connectivity index (χ3v) is 2.37. The van der Waals surface area contributed by atoms with Crippen LogP contribution < -0.4 is 5.73 Å². The lowest BCUT2D eigenvalue weighted by Gasteiger charge is -2.06. The molecule has 0 aliphatic carbocycles. The van der Waals surface area contributed by atoms with Crippen LogP contribution in [0.3, 0.4) is 0 Å². The number of nitrogens with two attached hydrogens (primary N) is 1. The first-order valence-corrected chi connectivity index (χ1v) is 4.51. The minimum atomic E-state index is 0.785. The highest BCUT2D eigenvalue weighted by atomic mass is 14.5. The zero-order chi connectivity index (χ0) is 8.97. The van der Waals surface area contributed by atoms with Crippen molar-refractivity contribution in [3.63, 3.8) is 0 Å². The zero-order valence-corrected chi connectivity index (χ0v) is 7.93. The van der Waals surface area contributed by atoms with Crippen molar-refractivity contribution in [2.24, 2.45) is 5.73 Å². The first kappa shape index (κ1) is 9.27. The molecule has 0 spiro atoms. The van der Waals surface area contributed by atoms with Crippen LogP contribution in [0.1, 0.15) is 23.1 Å². The summed E-state index contributed by atoms with van der Waals surface area (Å²) >= 11 is 0. The number of aryl methyl sites for hydroxylation is 2. The molecule has 0 amide bonds. The molecule has 0 atom stereocenters. The predicted molar refractivity (Wildman–Crippen MR) is 53.3 cm³/mol. The van der Waals surface area contributed by atoms with E-state index >= 15 is 0 Å². The van der Waals surface area contributed by atoms with Crippen LogP contribution in [0.5, 0.6) is 0 Å². The molecule has 0 fully saturated rings. The van der Waals surface area contributed by atoms with Gasteiger partial charge in [0.15, 0.2) is 0 Å². The summed E-state index contributed by atoms with van der Waals surface area (Å²) in [7, 11) is 0. The summed E-state index contributed by atoms with van der Waals surface area (Å²) in [4.78, 5) is 0. The minimum Gasteiger partial charge on any atom is -0.330 e. The fourth-order valence-corrected chi connectivity index (χ4v) is 1.38. The lowest BCUT2D eigenvalue weighted by atomic mass is 10.00.